The van der Waals surface area contributed by atoms with Crippen LogP contribution in [0.2, 0.25) is 0 Å². The van der Waals surface area contributed by atoms with Gasteiger partial charge in [-0.15, -0.1) is 0 Å². The van der Waals surface area contributed by atoms with Crippen molar-refractivity contribution < 1.29 is 9.53 Å². The fourth-order valence-corrected chi connectivity index (χ4v) is 4.90. The van der Waals surface area contributed by atoms with E-state index in [9.17, 15) is 4.79 Å². The molecule has 2 aromatic rings. The first-order valence-corrected chi connectivity index (χ1v) is 11.5. The number of hydrogen-bond acceptors (Lipinski definition) is 2. The summed E-state index contributed by atoms with van der Waals surface area (Å²) in [5.74, 6) is 1.53. The molecule has 2 unspecified atom stereocenters. The molecular weight excluding hydrogens is 370 g/mol. The molecule has 0 spiro atoms. The Morgan fingerprint density at radius 1 is 1.00 bits per heavy atom. The van der Waals surface area contributed by atoms with E-state index in [1.165, 1.54) is 24.8 Å². The van der Waals surface area contributed by atoms with E-state index in [2.05, 4.69) is 52.0 Å². The van der Waals surface area contributed by atoms with Gasteiger partial charge >= 0.3 is 0 Å². The van der Waals surface area contributed by atoms with Crippen molar-refractivity contribution in [3.8, 4) is 5.75 Å². The molecule has 0 heterocycles. The van der Waals surface area contributed by atoms with Gasteiger partial charge in [0, 0.05) is 24.4 Å². The molecular formula is C25H35LiO2P. The summed E-state index contributed by atoms with van der Waals surface area (Å²) in [5, 5.41) is 1.11. The zero-order valence-corrected chi connectivity index (χ0v) is 20.3. The Hall–Kier alpha value is -1.06. The summed E-state index contributed by atoms with van der Waals surface area (Å²) >= 11 is 0. The standard InChI is InChI=1S/C25H35O2P.Li/c1-7-9-10-21(8-2)16-27-22-11-12-23(18(4)15-22)28-25(26)24-19(5)13-17(3)14-20(24)6;/h11-15,21,28H,7-10,16H2,1-6H3;. The topological polar surface area (TPSA) is 26.3 Å². The van der Waals surface area contributed by atoms with Crippen molar-refractivity contribution in [1.29, 1.82) is 0 Å². The van der Waals surface area contributed by atoms with Crippen LogP contribution in [0.15, 0.2) is 30.3 Å². The van der Waals surface area contributed by atoms with Gasteiger partial charge in [0.25, 0.3) is 0 Å². The predicted molar refractivity (Wildman–Crippen MR) is 129 cm³/mol. The van der Waals surface area contributed by atoms with E-state index >= 15 is 0 Å². The molecule has 2 rings (SSSR count). The zero-order valence-electron chi connectivity index (χ0n) is 19.3. The monoisotopic (exact) mass is 405 g/mol. The van der Waals surface area contributed by atoms with Crippen LogP contribution in [0, 0.1) is 33.6 Å². The van der Waals surface area contributed by atoms with E-state index in [1.807, 2.05) is 19.9 Å². The van der Waals surface area contributed by atoms with Gasteiger partial charge in [-0.2, -0.15) is 0 Å². The van der Waals surface area contributed by atoms with E-state index in [0.717, 1.165) is 46.3 Å². The van der Waals surface area contributed by atoms with Crippen molar-refractivity contribution in [2.45, 2.75) is 67.2 Å². The van der Waals surface area contributed by atoms with Gasteiger partial charge < -0.3 is 4.74 Å². The Morgan fingerprint density at radius 2 is 1.66 bits per heavy atom. The average molecular weight is 405 g/mol. The molecule has 4 heteroatoms. The predicted octanol–water partition coefficient (Wildman–Crippen LogP) is 6.28. The minimum Gasteiger partial charge on any atom is -0.493 e. The van der Waals surface area contributed by atoms with Crippen LogP contribution in [0.25, 0.3) is 0 Å². The summed E-state index contributed by atoms with van der Waals surface area (Å²) in [4.78, 5) is 12.9. The summed E-state index contributed by atoms with van der Waals surface area (Å²) in [7, 11) is 0.143. The van der Waals surface area contributed by atoms with Crippen molar-refractivity contribution in [2.75, 3.05) is 6.61 Å². The second-order valence-corrected chi connectivity index (χ2v) is 9.17. The summed E-state index contributed by atoms with van der Waals surface area (Å²) in [5.41, 5.74) is 5.59. The van der Waals surface area contributed by atoms with Crippen LogP contribution in [0.4, 0.5) is 0 Å². The second kappa shape index (κ2) is 12.6. The smallest absolute Gasteiger partial charge is 0.186 e. The van der Waals surface area contributed by atoms with E-state index in [4.69, 9.17) is 4.74 Å². The van der Waals surface area contributed by atoms with Gasteiger partial charge in [-0.1, -0.05) is 56.9 Å². The number of aryl methyl sites for hydroxylation is 4. The SMILES string of the molecule is CCCCC(CC)COc1ccc(PC(=O)c2c(C)cc(C)cc2C)c(C)c1.[Li]. The summed E-state index contributed by atoms with van der Waals surface area (Å²) in [6, 6.07) is 10.3. The minimum absolute atomic E-state index is 0. The van der Waals surface area contributed by atoms with Crippen molar-refractivity contribution in [3.63, 3.8) is 0 Å². The van der Waals surface area contributed by atoms with E-state index in [1.54, 1.807) is 0 Å². The maximum Gasteiger partial charge on any atom is 0.186 e. The molecule has 2 nitrogen and oxygen atoms in total. The van der Waals surface area contributed by atoms with Crippen molar-refractivity contribution >= 4 is 38.3 Å². The van der Waals surface area contributed by atoms with Gasteiger partial charge in [0.05, 0.1) is 6.61 Å². The maximum absolute atomic E-state index is 12.9. The van der Waals surface area contributed by atoms with E-state index in [-0.39, 0.29) is 33.0 Å². The van der Waals surface area contributed by atoms with Crippen molar-refractivity contribution in [1.82, 2.24) is 0 Å². The molecule has 0 fully saturated rings. The van der Waals surface area contributed by atoms with Gasteiger partial charge in [0.2, 0.25) is 0 Å². The first-order chi connectivity index (χ1) is 13.3. The van der Waals surface area contributed by atoms with Crippen molar-refractivity contribution in [2.24, 2.45) is 5.92 Å². The molecule has 0 amide bonds. The third kappa shape index (κ3) is 7.60. The molecule has 0 saturated heterocycles. The van der Waals surface area contributed by atoms with Crippen LogP contribution >= 0.6 is 8.58 Å². The molecule has 29 heavy (non-hydrogen) atoms. The van der Waals surface area contributed by atoms with Crippen LogP contribution < -0.4 is 10.0 Å². The fraction of sp³-hybridized carbons (Fsp3) is 0.480. The molecule has 0 saturated carbocycles. The normalized spacial score (nSPS) is 12.1. The first kappa shape index (κ1) is 26.0. The number of carbonyl (C=O) groups excluding carboxylic acids is 1. The minimum atomic E-state index is 0. The number of unbranched alkanes of at least 4 members (excludes halogenated alkanes) is 1. The molecule has 1 radical (unpaired) electrons. The molecule has 153 valence electrons. The Morgan fingerprint density at radius 3 is 2.21 bits per heavy atom. The number of ether oxygens (including phenoxy) is 1. The quantitative estimate of drug-likeness (QED) is 0.344. The van der Waals surface area contributed by atoms with Gasteiger partial charge in [-0.3, -0.25) is 4.79 Å². The van der Waals surface area contributed by atoms with Crippen molar-refractivity contribution in [3.05, 3.63) is 58.1 Å². The Bertz CT molecular complexity index is 793. The number of benzene rings is 2. The summed E-state index contributed by atoms with van der Waals surface area (Å²) in [6.07, 6.45) is 4.89. The van der Waals surface area contributed by atoms with Crippen LogP contribution in [0.5, 0.6) is 5.75 Å². The number of rotatable bonds is 10. The van der Waals surface area contributed by atoms with Gasteiger partial charge in [0.1, 0.15) is 5.75 Å². The first-order valence-electron chi connectivity index (χ1n) is 10.5. The zero-order chi connectivity index (χ0) is 20.7. The van der Waals surface area contributed by atoms with Crippen LogP contribution in [0.3, 0.4) is 0 Å². The molecule has 2 atom stereocenters. The third-order valence-corrected chi connectivity index (χ3v) is 6.69. The molecule has 0 bridgehead atoms. The van der Waals surface area contributed by atoms with Crippen LogP contribution in [-0.4, -0.2) is 31.0 Å². The van der Waals surface area contributed by atoms with Gasteiger partial charge in [0.15, 0.2) is 5.52 Å². The Labute approximate surface area is 191 Å². The molecule has 0 aliphatic rings. The third-order valence-electron chi connectivity index (χ3n) is 5.38. The fourth-order valence-electron chi connectivity index (χ4n) is 3.70. The number of carbonyl (C=O) groups is 1. The molecule has 0 N–H and O–H groups in total. The largest absolute Gasteiger partial charge is 0.493 e. The van der Waals surface area contributed by atoms with E-state index < -0.39 is 0 Å². The Balaban J connectivity index is 0.00000420. The number of hydrogen-bond donors (Lipinski definition) is 0. The molecule has 0 aliphatic heterocycles. The Kier molecular flexibility index (Phi) is 11.3. The summed E-state index contributed by atoms with van der Waals surface area (Å²) < 4.78 is 6.05. The van der Waals surface area contributed by atoms with E-state index in [0.29, 0.717) is 5.92 Å². The second-order valence-electron chi connectivity index (χ2n) is 7.93. The molecule has 2 aromatic carbocycles. The summed E-state index contributed by atoms with van der Waals surface area (Å²) in [6.45, 7) is 13.5. The molecule has 0 aliphatic carbocycles. The maximum atomic E-state index is 12.9. The van der Waals surface area contributed by atoms with Crippen LogP contribution in [-0.2, 0) is 0 Å². The van der Waals surface area contributed by atoms with Gasteiger partial charge in [-0.05, 0) is 82.7 Å². The average Bonchev–Trinajstić information content (AvgIpc) is 2.63. The van der Waals surface area contributed by atoms with Gasteiger partial charge in [-0.25, -0.2) is 0 Å². The van der Waals surface area contributed by atoms with Crippen LogP contribution in [0.1, 0.15) is 72.1 Å². The molecule has 0 aromatic heterocycles.